The standard InChI is InChI=1S/C69H110O25/c1-10-12-14-15-17-21-29-35-47(71)89-63-62(94-65-53(77)51(75)49(73)39(5)81-65)58(92-67-60(88-48(72)37-36-44-30-25-23-26-31-44)54(78)56(41(7)83-67)90-64(80)38(3)4)43(9)85-69(63)91-57-42(8)84-68-61(55(57)79)87-46(70)34-28-22-19-16-18-20-27-33-45(32-24-13-11-2)86-66-59(93-68)52(76)50(74)40(6)82-66/h23,25-26,30-31,36-43,45,49-63,65-69,73-79H,10-22,24,27-29,32-35H2,1-9H3/t39-,40+,41-,42-,43-,45-,49-,50-,51+,52-,53+,54+,55+,56-,57-,58-,59+,60+,61+,62+,63+,65-,66-,67-,68-,69-/m0/s1. The molecule has 26 atom stereocenters. The molecule has 94 heavy (non-hydrogen) atoms. The maximum Gasteiger partial charge on any atom is 0.331 e. The molecule has 1 aromatic carbocycles. The fourth-order valence-corrected chi connectivity index (χ4v) is 12.8. The van der Waals surface area contributed by atoms with E-state index in [1.54, 1.807) is 51.1 Å². The molecular formula is C69H110O25. The molecule has 25 heteroatoms. The maximum absolute atomic E-state index is 14.5. The van der Waals surface area contributed by atoms with Gasteiger partial charge in [-0.1, -0.05) is 154 Å². The Morgan fingerprint density at radius 2 is 1.05 bits per heavy atom. The lowest BCUT2D eigenvalue weighted by Crippen LogP contribution is -2.68. The van der Waals surface area contributed by atoms with E-state index >= 15 is 0 Å². The first-order valence-electron chi connectivity index (χ1n) is 34.9. The molecule has 6 fully saturated rings. The van der Waals surface area contributed by atoms with Gasteiger partial charge < -0.3 is 102 Å². The van der Waals surface area contributed by atoms with Crippen molar-refractivity contribution < 1.29 is 121 Å². The summed E-state index contributed by atoms with van der Waals surface area (Å²) in [5.74, 6) is -3.76. The summed E-state index contributed by atoms with van der Waals surface area (Å²) in [6.07, 6.45) is -20.6. The molecule has 0 bridgehead atoms. The van der Waals surface area contributed by atoms with E-state index in [2.05, 4.69) is 13.8 Å². The van der Waals surface area contributed by atoms with Crippen LogP contribution in [0.25, 0.3) is 6.08 Å². The molecule has 0 aliphatic carbocycles. The molecule has 7 rings (SSSR count). The van der Waals surface area contributed by atoms with Crippen LogP contribution in [0, 0.1) is 5.92 Å². The van der Waals surface area contributed by atoms with Gasteiger partial charge in [-0.05, 0) is 71.9 Å². The molecule has 0 radical (unpaired) electrons. The Labute approximate surface area is 553 Å². The second kappa shape index (κ2) is 38.5. The number of hydrogen-bond donors (Lipinski definition) is 7. The fraction of sp³-hybridized carbons (Fsp3) is 0.826. The van der Waals surface area contributed by atoms with Gasteiger partial charge in [0.25, 0.3) is 0 Å². The van der Waals surface area contributed by atoms with Gasteiger partial charge in [0.2, 0.25) is 0 Å². The number of carbonyl (C=O) groups is 4. The van der Waals surface area contributed by atoms with E-state index in [0.717, 1.165) is 96.0 Å². The van der Waals surface area contributed by atoms with Gasteiger partial charge in [-0.15, -0.1) is 0 Å². The monoisotopic (exact) mass is 1340 g/mol. The van der Waals surface area contributed by atoms with E-state index in [0.29, 0.717) is 37.7 Å². The minimum Gasteiger partial charge on any atom is -0.456 e. The van der Waals surface area contributed by atoms with Crippen LogP contribution in [0.4, 0.5) is 0 Å². The zero-order valence-corrected chi connectivity index (χ0v) is 56.5. The summed E-state index contributed by atoms with van der Waals surface area (Å²) < 4.78 is 89.5. The first-order chi connectivity index (χ1) is 45.0. The summed E-state index contributed by atoms with van der Waals surface area (Å²) >= 11 is 0. The third-order valence-corrected chi connectivity index (χ3v) is 18.6. The minimum absolute atomic E-state index is 0.0395. The number of esters is 4. The first kappa shape index (κ1) is 77.5. The zero-order valence-electron chi connectivity index (χ0n) is 56.5. The highest BCUT2D eigenvalue weighted by molar-refractivity contribution is 5.87. The van der Waals surface area contributed by atoms with Gasteiger partial charge >= 0.3 is 23.9 Å². The molecule has 6 saturated heterocycles. The molecule has 0 amide bonds. The van der Waals surface area contributed by atoms with Crippen LogP contribution < -0.4 is 0 Å². The minimum atomic E-state index is -1.95. The predicted molar refractivity (Wildman–Crippen MR) is 336 cm³/mol. The SMILES string of the molecule is CCCCCCCCCC(=O)O[C@H]1[C@H](O[C@@H]2[C@@H](O)[C@H]3OC(=O)CCCCCCCCC[C@H](CCCCC)O[C@@H]4O[C@H](C)[C@H](O)[C@H](O)[C@H]4O[C@@H]3O[C@H]2C)O[C@@H](C)[C@H](O[C@@H]2O[C@@H](C)[C@H](OC(=O)C(C)C)[C@@H](O)[C@H]2OC(=O)C=Cc2ccccc2)[C@H]1O[C@@H]1O[C@@H](C)[C@H](O)[C@@H](O)[C@H]1O. The molecule has 0 spiro atoms. The van der Waals surface area contributed by atoms with Gasteiger partial charge in [0.15, 0.2) is 55.9 Å². The summed E-state index contributed by atoms with van der Waals surface area (Å²) in [6, 6.07) is 8.84. The van der Waals surface area contributed by atoms with E-state index in [-0.39, 0.29) is 18.9 Å². The highest BCUT2D eigenvalue weighted by atomic mass is 16.8. The normalized spacial score (nSPS) is 39.1. The fourth-order valence-electron chi connectivity index (χ4n) is 12.8. The van der Waals surface area contributed by atoms with Gasteiger partial charge in [0.05, 0.1) is 42.5 Å². The molecule has 1 aromatic rings. The average molecular weight is 1340 g/mol. The van der Waals surface area contributed by atoms with Gasteiger partial charge in [0, 0.05) is 18.9 Å². The van der Waals surface area contributed by atoms with E-state index in [1.165, 1.54) is 33.8 Å². The van der Waals surface area contributed by atoms with Crippen LogP contribution in [0.15, 0.2) is 36.4 Å². The largest absolute Gasteiger partial charge is 0.456 e. The molecule has 6 aliphatic heterocycles. The summed E-state index contributed by atoms with van der Waals surface area (Å²) in [6.45, 7) is 15.0. The number of rotatable bonds is 24. The molecule has 7 N–H and O–H groups in total. The number of carbonyl (C=O) groups excluding carboxylic acids is 4. The summed E-state index contributed by atoms with van der Waals surface area (Å²) in [7, 11) is 0. The second-order valence-electron chi connectivity index (χ2n) is 26.6. The number of unbranched alkanes of at least 4 members (excludes halogenated alkanes) is 8. The maximum atomic E-state index is 14.5. The zero-order chi connectivity index (χ0) is 68.2. The van der Waals surface area contributed by atoms with Crippen molar-refractivity contribution in [2.45, 2.75) is 357 Å². The molecule has 6 aliphatic rings. The van der Waals surface area contributed by atoms with Crippen molar-refractivity contribution in [3.63, 3.8) is 0 Å². The van der Waals surface area contributed by atoms with E-state index < -0.39 is 183 Å². The highest BCUT2D eigenvalue weighted by Gasteiger charge is 2.59. The Hall–Kier alpha value is -3.84. The summed E-state index contributed by atoms with van der Waals surface area (Å²) in [5.41, 5.74) is 0.643. The van der Waals surface area contributed by atoms with Crippen molar-refractivity contribution in [1.29, 1.82) is 0 Å². The van der Waals surface area contributed by atoms with E-state index in [9.17, 15) is 54.9 Å². The van der Waals surface area contributed by atoms with Crippen LogP contribution in [-0.4, -0.2) is 219 Å². The molecular weight excluding hydrogens is 1230 g/mol. The molecule has 536 valence electrons. The Balaban J connectivity index is 1.26. The average Bonchev–Trinajstić information content (AvgIpc) is 0.769. The van der Waals surface area contributed by atoms with Gasteiger partial charge in [-0.3, -0.25) is 14.4 Å². The van der Waals surface area contributed by atoms with Gasteiger partial charge in [-0.2, -0.15) is 0 Å². The smallest absolute Gasteiger partial charge is 0.331 e. The Morgan fingerprint density at radius 3 is 1.74 bits per heavy atom. The predicted octanol–water partition coefficient (Wildman–Crippen LogP) is 6.42. The summed E-state index contributed by atoms with van der Waals surface area (Å²) in [5, 5.41) is 81.7. The number of ether oxygens (including phenoxy) is 14. The first-order valence-corrected chi connectivity index (χ1v) is 34.9. The van der Waals surface area contributed by atoms with Crippen molar-refractivity contribution in [1.82, 2.24) is 0 Å². The van der Waals surface area contributed by atoms with Gasteiger partial charge in [0.1, 0.15) is 67.1 Å². The number of fused-ring (bicyclic) bond motifs is 2. The molecule has 25 nitrogen and oxygen atoms in total. The van der Waals surface area contributed by atoms with Crippen molar-refractivity contribution in [3.05, 3.63) is 42.0 Å². The van der Waals surface area contributed by atoms with E-state index in [1.807, 2.05) is 0 Å². The van der Waals surface area contributed by atoms with Crippen molar-refractivity contribution in [2.24, 2.45) is 5.92 Å². The van der Waals surface area contributed by atoms with Crippen molar-refractivity contribution >= 4 is 30.0 Å². The van der Waals surface area contributed by atoms with Crippen LogP contribution in [0.5, 0.6) is 0 Å². The number of benzene rings is 1. The Bertz CT molecular complexity index is 2440. The lowest BCUT2D eigenvalue weighted by molar-refractivity contribution is -0.399. The lowest BCUT2D eigenvalue weighted by Gasteiger charge is -2.51. The molecule has 0 aromatic heterocycles. The third-order valence-electron chi connectivity index (χ3n) is 18.6. The highest BCUT2D eigenvalue weighted by Crippen LogP contribution is 2.40. The second-order valence-corrected chi connectivity index (χ2v) is 26.6. The molecule has 0 saturated carbocycles. The van der Waals surface area contributed by atoms with Crippen LogP contribution >= 0.6 is 0 Å². The topological polar surface area (TPSA) is 339 Å². The lowest BCUT2D eigenvalue weighted by atomic mass is 9.95. The van der Waals surface area contributed by atoms with Crippen LogP contribution in [-0.2, 0) is 85.5 Å². The Kier molecular flexibility index (Phi) is 31.7. The number of hydrogen-bond acceptors (Lipinski definition) is 25. The van der Waals surface area contributed by atoms with Crippen LogP contribution in [0.3, 0.4) is 0 Å². The van der Waals surface area contributed by atoms with E-state index in [4.69, 9.17) is 66.3 Å². The molecule has 6 heterocycles. The molecule has 0 unspecified atom stereocenters. The van der Waals surface area contributed by atoms with Crippen molar-refractivity contribution in [2.75, 3.05) is 0 Å². The van der Waals surface area contributed by atoms with Crippen LogP contribution in [0.1, 0.15) is 203 Å². The Morgan fingerprint density at radius 1 is 0.500 bits per heavy atom. The third kappa shape index (κ3) is 21.8. The number of aliphatic hydroxyl groups excluding tert-OH is 7. The quantitative estimate of drug-likeness (QED) is 0.0254. The van der Waals surface area contributed by atoms with Crippen LogP contribution in [0.2, 0.25) is 0 Å². The number of aliphatic hydroxyl groups is 7. The van der Waals surface area contributed by atoms with Gasteiger partial charge in [-0.25, -0.2) is 4.79 Å². The summed E-state index contributed by atoms with van der Waals surface area (Å²) in [4.78, 5) is 55.4. The van der Waals surface area contributed by atoms with Crippen molar-refractivity contribution in [3.8, 4) is 0 Å².